The van der Waals surface area contributed by atoms with Gasteiger partial charge in [-0.3, -0.25) is 4.90 Å². The third-order valence-electron chi connectivity index (χ3n) is 6.40. The molecule has 2 aliphatic heterocycles. The molecule has 0 aromatic rings. The summed E-state index contributed by atoms with van der Waals surface area (Å²) in [5.74, 6) is 2.05. The zero-order valence-electron chi connectivity index (χ0n) is 11.7. The van der Waals surface area contributed by atoms with Gasteiger partial charge < -0.3 is 5.32 Å². The van der Waals surface area contributed by atoms with Crippen molar-refractivity contribution in [2.75, 3.05) is 26.2 Å². The van der Waals surface area contributed by atoms with Crippen LogP contribution >= 0.6 is 0 Å². The van der Waals surface area contributed by atoms with Crippen LogP contribution in [0.15, 0.2) is 0 Å². The van der Waals surface area contributed by atoms with Gasteiger partial charge in [0.05, 0.1) is 0 Å². The zero-order valence-corrected chi connectivity index (χ0v) is 11.7. The minimum atomic E-state index is 0.711. The summed E-state index contributed by atoms with van der Waals surface area (Å²) in [4.78, 5) is 2.84. The van der Waals surface area contributed by atoms with E-state index < -0.39 is 0 Å². The average molecular weight is 248 g/mol. The van der Waals surface area contributed by atoms with E-state index in [0.717, 1.165) is 17.9 Å². The molecule has 2 heteroatoms. The van der Waals surface area contributed by atoms with Gasteiger partial charge in [-0.05, 0) is 62.6 Å². The van der Waals surface area contributed by atoms with E-state index in [1.807, 2.05) is 0 Å². The summed E-state index contributed by atoms with van der Waals surface area (Å²) in [7, 11) is 0. The minimum Gasteiger partial charge on any atom is -0.316 e. The first-order valence-electron chi connectivity index (χ1n) is 8.32. The molecule has 2 saturated heterocycles. The monoisotopic (exact) mass is 248 g/mol. The lowest BCUT2D eigenvalue weighted by Gasteiger charge is -2.45. The van der Waals surface area contributed by atoms with Gasteiger partial charge >= 0.3 is 0 Å². The molecule has 2 saturated carbocycles. The van der Waals surface area contributed by atoms with E-state index in [1.54, 1.807) is 0 Å². The predicted octanol–water partition coefficient (Wildman–Crippen LogP) is 2.64. The largest absolute Gasteiger partial charge is 0.316 e. The summed E-state index contributed by atoms with van der Waals surface area (Å²) in [6.45, 7) is 5.46. The molecule has 0 bridgehead atoms. The fourth-order valence-electron chi connectivity index (χ4n) is 5.21. The molecule has 0 amide bonds. The molecular weight excluding hydrogens is 220 g/mol. The van der Waals surface area contributed by atoms with Crippen molar-refractivity contribution in [2.24, 2.45) is 17.3 Å². The minimum absolute atomic E-state index is 0.711. The predicted molar refractivity (Wildman–Crippen MR) is 74.6 cm³/mol. The Morgan fingerprint density at radius 2 is 1.83 bits per heavy atom. The lowest BCUT2D eigenvalue weighted by atomic mass is 9.64. The molecule has 4 aliphatic rings. The Hall–Kier alpha value is -0.0800. The van der Waals surface area contributed by atoms with Crippen molar-refractivity contribution in [3.8, 4) is 0 Å². The molecule has 0 aromatic carbocycles. The van der Waals surface area contributed by atoms with Gasteiger partial charge in [0.15, 0.2) is 0 Å². The Morgan fingerprint density at radius 3 is 2.61 bits per heavy atom. The molecule has 2 aliphatic carbocycles. The fourth-order valence-corrected chi connectivity index (χ4v) is 5.21. The van der Waals surface area contributed by atoms with Crippen LogP contribution in [0.1, 0.15) is 51.4 Å². The fraction of sp³-hybridized carbons (Fsp3) is 1.00. The lowest BCUT2D eigenvalue weighted by Crippen LogP contribution is -2.49. The van der Waals surface area contributed by atoms with Gasteiger partial charge in [-0.2, -0.15) is 0 Å². The average Bonchev–Trinajstić information content (AvgIpc) is 2.95. The molecule has 4 fully saturated rings. The zero-order chi connectivity index (χ0) is 12.0. The highest BCUT2D eigenvalue weighted by Crippen LogP contribution is 2.51. The molecule has 1 N–H and O–H groups in total. The smallest absolute Gasteiger partial charge is 0.00966 e. The van der Waals surface area contributed by atoms with E-state index in [2.05, 4.69) is 10.2 Å². The second kappa shape index (κ2) is 4.49. The van der Waals surface area contributed by atoms with Crippen LogP contribution in [0.4, 0.5) is 0 Å². The molecule has 0 radical (unpaired) electrons. The van der Waals surface area contributed by atoms with Crippen molar-refractivity contribution >= 4 is 0 Å². The standard InChI is InChI=1S/C16H28N2/c1-2-4-13(3-1)15-11-17-9-7-16(15)8-10-18(12-16)14-5-6-14/h13-15,17H,1-12H2. The van der Waals surface area contributed by atoms with Crippen molar-refractivity contribution in [3.05, 3.63) is 0 Å². The number of hydrogen-bond acceptors (Lipinski definition) is 2. The maximum atomic E-state index is 3.70. The van der Waals surface area contributed by atoms with Gasteiger partial charge in [0.2, 0.25) is 0 Å². The number of likely N-dealkylation sites (tertiary alicyclic amines) is 1. The summed E-state index contributed by atoms with van der Waals surface area (Å²) >= 11 is 0. The van der Waals surface area contributed by atoms with Crippen molar-refractivity contribution in [1.82, 2.24) is 10.2 Å². The third kappa shape index (κ3) is 1.92. The highest BCUT2D eigenvalue weighted by molar-refractivity contribution is 5.03. The molecule has 2 atom stereocenters. The lowest BCUT2D eigenvalue weighted by molar-refractivity contribution is 0.0664. The molecule has 2 nitrogen and oxygen atoms in total. The van der Waals surface area contributed by atoms with E-state index in [1.165, 1.54) is 77.5 Å². The Morgan fingerprint density at radius 1 is 1.00 bits per heavy atom. The first-order chi connectivity index (χ1) is 8.87. The van der Waals surface area contributed by atoms with E-state index in [4.69, 9.17) is 0 Å². The quantitative estimate of drug-likeness (QED) is 0.808. The Bertz CT molecular complexity index is 306. The highest BCUT2D eigenvalue weighted by Gasteiger charge is 2.50. The first-order valence-corrected chi connectivity index (χ1v) is 8.32. The maximum Gasteiger partial charge on any atom is 0.00966 e. The molecule has 102 valence electrons. The van der Waals surface area contributed by atoms with Crippen LogP contribution in [0.25, 0.3) is 0 Å². The number of piperidine rings is 1. The van der Waals surface area contributed by atoms with Crippen LogP contribution in [0.3, 0.4) is 0 Å². The number of hydrogen-bond donors (Lipinski definition) is 1. The van der Waals surface area contributed by atoms with Gasteiger partial charge in [0.25, 0.3) is 0 Å². The molecule has 2 heterocycles. The Kier molecular flexibility index (Phi) is 2.92. The highest BCUT2D eigenvalue weighted by atomic mass is 15.2. The second-order valence-electron chi connectivity index (χ2n) is 7.42. The summed E-state index contributed by atoms with van der Waals surface area (Å²) < 4.78 is 0. The van der Waals surface area contributed by atoms with Crippen molar-refractivity contribution in [1.29, 1.82) is 0 Å². The van der Waals surface area contributed by atoms with Crippen LogP contribution in [-0.2, 0) is 0 Å². The van der Waals surface area contributed by atoms with Crippen molar-refractivity contribution < 1.29 is 0 Å². The van der Waals surface area contributed by atoms with Crippen molar-refractivity contribution in [3.63, 3.8) is 0 Å². The number of nitrogens with zero attached hydrogens (tertiary/aromatic N) is 1. The summed E-state index contributed by atoms with van der Waals surface area (Å²) in [5, 5.41) is 3.70. The molecule has 1 spiro atoms. The Balaban J connectivity index is 1.52. The molecular formula is C16H28N2. The SMILES string of the molecule is C1CCC(C2CNCCC23CCN(C2CC2)C3)C1. The number of rotatable bonds is 2. The van der Waals surface area contributed by atoms with E-state index in [-0.39, 0.29) is 0 Å². The molecule has 2 unspecified atom stereocenters. The summed E-state index contributed by atoms with van der Waals surface area (Å²) in [6, 6.07) is 0.989. The van der Waals surface area contributed by atoms with Gasteiger partial charge in [0.1, 0.15) is 0 Å². The Labute approximate surface area is 111 Å². The number of nitrogens with one attached hydrogen (secondary N) is 1. The van der Waals surface area contributed by atoms with Crippen LogP contribution in [0.5, 0.6) is 0 Å². The van der Waals surface area contributed by atoms with Crippen LogP contribution < -0.4 is 5.32 Å². The second-order valence-corrected chi connectivity index (χ2v) is 7.42. The molecule has 4 rings (SSSR count). The maximum absolute atomic E-state index is 3.70. The van der Waals surface area contributed by atoms with Crippen LogP contribution in [-0.4, -0.2) is 37.1 Å². The van der Waals surface area contributed by atoms with E-state index >= 15 is 0 Å². The van der Waals surface area contributed by atoms with E-state index in [9.17, 15) is 0 Å². The van der Waals surface area contributed by atoms with Gasteiger partial charge in [-0.1, -0.05) is 25.7 Å². The van der Waals surface area contributed by atoms with Gasteiger partial charge in [-0.15, -0.1) is 0 Å². The first kappa shape index (κ1) is 11.7. The molecule has 18 heavy (non-hydrogen) atoms. The normalized spacial score (nSPS) is 43.0. The van der Waals surface area contributed by atoms with Gasteiger partial charge in [0, 0.05) is 12.6 Å². The van der Waals surface area contributed by atoms with Gasteiger partial charge in [-0.25, -0.2) is 0 Å². The van der Waals surface area contributed by atoms with Crippen LogP contribution in [0.2, 0.25) is 0 Å². The summed E-state index contributed by atoms with van der Waals surface area (Å²) in [6.07, 6.45) is 12.0. The summed E-state index contributed by atoms with van der Waals surface area (Å²) in [5.41, 5.74) is 0.711. The molecule has 0 aromatic heterocycles. The van der Waals surface area contributed by atoms with Crippen molar-refractivity contribution in [2.45, 2.75) is 57.4 Å². The van der Waals surface area contributed by atoms with E-state index in [0.29, 0.717) is 5.41 Å². The topological polar surface area (TPSA) is 15.3 Å². The third-order valence-corrected chi connectivity index (χ3v) is 6.40. The van der Waals surface area contributed by atoms with Crippen LogP contribution in [0, 0.1) is 17.3 Å².